The van der Waals surface area contributed by atoms with E-state index in [9.17, 15) is 23.3 Å². The maximum absolute atomic E-state index is 13.0. The molecule has 0 saturated carbocycles. The summed E-state index contributed by atoms with van der Waals surface area (Å²) in [5.41, 5.74) is 6.10. The van der Waals surface area contributed by atoms with Crippen molar-refractivity contribution in [3.05, 3.63) is 51.9 Å². The smallest absolute Gasteiger partial charge is 0.410 e. The van der Waals surface area contributed by atoms with Crippen molar-refractivity contribution in [2.45, 2.75) is 83.0 Å². The Morgan fingerprint density at radius 2 is 1.86 bits per heavy atom. The van der Waals surface area contributed by atoms with E-state index in [2.05, 4.69) is 21.4 Å². The van der Waals surface area contributed by atoms with Crippen molar-refractivity contribution in [1.29, 1.82) is 5.26 Å². The number of pyridine rings is 1. The third kappa shape index (κ3) is 6.60. The molecule has 4 N–H and O–H groups in total. The van der Waals surface area contributed by atoms with Gasteiger partial charge < -0.3 is 25.7 Å². The predicted molar refractivity (Wildman–Crippen MR) is 160 cm³/mol. The first kappa shape index (κ1) is 31.1. The number of carbonyl (C=O) groups excluding carboxylic acids is 1. The van der Waals surface area contributed by atoms with Crippen molar-refractivity contribution in [3.63, 3.8) is 0 Å². The molecule has 0 radical (unpaired) electrons. The van der Waals surface area contributed by atoms with Crippen LogP contribution in [0, 0.1) is 17.2 Å². The van der Waals surface area contributed by atoms with Crippen LogP contribution in [0.15, 0.2) is 45.1 Å². The Morgan fingerprint density at radius 3 is 2.45 bits per heavy atom. The number of nitriles is 1. The molecule has 2 aliphatic rings. The molecule has 1 fully saturated rings. The van der Waals surface area contributed by atoms with Crippen LogP contribution in [0.5, 0.6) is 0 Å². The number of piperidine rings is 1. The van der Waals surface area contributed by atoms with Gasteiger partial charge in [-0.05, 0) is 90.1 Å². The number of aromatic nitrogens is 1. The van der Waals surface area contributed by atoms with Crippen LogP contribution >= 0.6 is 0 Å². The lowest BCUT2D eigenvalue weighted by atomic mass is 9.90. The molecular weight excluding hydrogens is 558 g/mol. The molecule has 2 aromatic rings. The SMILES string of the molecule is CC(C)(C)OC(=O)N1CCC(C(C#N)Nc2cc[nH]c(=O)c2C(N)=Nc2ccc3c(c2)CN(C(C)(C)C)S3(=O)=O)CC1. The standard InChI is InChI=1S/C29H39N7O5S/c1-28(2,3)36-17-19-15-20(7-8-23(19)42(36,39)40)33-25(31)24-21(9-12-32-26(24)37)34-22(16-30)18-10-13-35(14-11-18)27(38)41-29(4,5)6/h7-9,12,15,18,22H,10-11,13-14,17H2,1-6H3,(H2,31,33)(H2,32,34,37). The molecule has 1 saturated heterocycles. The first-order valence-corrected chi connectivity index (χ1v) is 15.3. The number of sulfonamides is 1. The van der Waals surface area contributed by atoms with Crippen LogP contribution in [-0.2, 0) is 21.3 Å². The number of nitrogens with two attached hydrogens (primary N) is 1. The number of carbonyl (C=O) groups is 1. The lowest BCUT2D eigenvalue weighted by molar-refractivity contribution is 0.0182. The van der Waals surface area contributed by atoms with Gasteiger partial charge in [-0.25, -0.2) is 18.2 Å². The van der Waals surface area contributed by atoms with Crippen molar-refractivity contribution < 1.29 is 17.9 Å². The molecule has 13 heteroatoms. The molecule has 42 heavy (non-hydrogen) atoms. The average Bonchev–Trinajstić information content (AvgIpc) is 3.16. The number of aliphatic imine (C=N–C) groups is 1. The average molecular weight is 598 g/mol. The number of likely N-dealkylation sites (tertiary alicyclic amines) is 1. The van der Waals surface area contributed by atoms with Gasteiger partial charge in [0.1, 0.15) is 23.0 Å². The lowest BCUT2D eigenvalue weighted by Crippen LogP contribution is -2.44. The second-order valence-corrected chi connectivity index (χ2v) is 14.5. The molecule has 226 valence electrons. The molecule has 1 aromatic heterocycles. The molecular formula is C29H39N7O5S. The van der Waals surface area contributed by atoms with Gasteiger partial charge >= 0.3 is 6.09 Å². The minimum atomic E-state index is -3.63. The molecule has 0 bridgehead atoms. The van der Waals surface area contributed by atoms with Gasteiger partial charge in [-0.3, -0.25) is 4.79 Å². The van der Waals surface area contributed by atoms with Gasteiger partial charge in [-0.2, -0.15) is 9.57 Å². The number of fused-ring (bicyclic) bond motifs is 1. The lowest BCUT2D eigenvalue weighted by Gasteiger charge is -2.35. The summed E-state index contributed by atoms with van der Waals surface area (Å²) in [6.45, 7) is 12.1. The summed E-state index contributed by atoms with van der Waals surface area (Å²) >= 11 is 0. The van der Waals surface area contributed by atoms with E-state index >= 15 is 0 Å². The van der Waals surface area contributed by atoms with Gasteiger partial charge in [0.25, 0.3) is 5.56 Å². The van der Waals surface area contributed by atoms with Crippen LogP contribution < -0.4 is 16.6 Å². The summed E-state index contributed by atoms with van der Waals surface area (Å²) in [7, 11) is -3.63. The van der Waals surface area contributed by atoms with Crippen molar-refractivity contribution in [3.8, 4) is 6.07 Å². The minimum absolute atomic E-state index is 0.0772. The quantitative estimate of drug-likeness (QED) is 0.346. The van der Waals surface area contributed by atoms with Crippen LogP contribution in [0.1, 0.15) is 65.5 Å². The van der Waals surface area contributed by atoms with Crippen LogP contribution in [0.3, 0.4) is 0 Å². The van der Waals surface area contributed by atoms with E-state index in [4.69, 9.17) is 10.5 Å². The highest BCUT2D eigenvalue weighted by molar-refractivity contribution is 7.89. The predicted octanol–water partition coefficient (Wildman–Crippen LogP) is 3.67. The van der Waals surface area contributed by atoms with Gasteiger partial charge in [0, 0.05) is 31.4 Å². The Morgan fingerprint density at radius 1 is 1.19 bits per heavy atom. The number of benzene rings is 1. The number of hydrogen-bond donors (Lipinski definition) is 3. The zero-order valence-electron chi connectivity index (χ0n) is 24.9. The molecule has 4 rings (SSSR count). The van der Waals surface area contributed by atoms with Crippen LogP contribution in [0.4, 0.5) is 16.2 Å². The van der Waals surface area contributed by atoms with Crippen LogP contribution in [0.25, 0.3) is 0 Å². The Labute approximate surface area is 246 Å². The monoisotopic (exact) mass is 597 g/mol. The summed E-state index contributed by atoms with van der Waals surface area (Å²) in [6.07, 6.45) is 2.24. The number of hydrogen-bond acceptors (Lipinski definition) is 8. The highest BCUT2D eigenvalue weighted by Gasteiger charge is 2.41. The number of aromatic amines is 1. The third-order valence-electron chi connectivity index (χ3n) is 7.25. The number of nitrogens with zero attached hydrogens (tertiary/aromatic N) is 4. The fourth-order valence-electron chi connectivity index (χ4n) is 5.18. The molecule has 1 atom stereocenters. The number of rotatable bonds is 5. The fourth-order valence-corrected chi connectivity index (χ4v) is 7.14. The van der Waals surface area contributed by atoms with Gasteiger partial charge in [0.05, 0.1) is 22.3 Å². The number of nitrogens with one attached hydrogen (secondary N) is 2. The molecule has 0 aliphatic carbocycles. The van der Waals surface area contributed by atoms with E-state index in [0.717, 1.165) is 0 Å². The van der Waals surface area contributed by atoms with E-state index < -0.39 is 32.8 Å². The van der Waals surface area contributed by atoms with E-state index in [1.54, 1.807) is 23.1 Å². The normalized spacial score (nSPS) is 18.7. The largest absolute Gasteiger partial charge is 0.444 e. The highest BCUT2D eigenvalue weighted by atomic mass is 32.2. The van der Waals surface area contributed by atoms with E-state index in [1.165, 1.54) is 16.6 Å². The molecule has 1 unspecified atom stereocenters. The second-order valence-electron chi connectivity index (χ2n) is 12.6. The first-order valence-electron chi connectivity index (χ1n) is 13.9. The number of H-pyrrole nitrogens is 1. The molecule has 12 nitrogen and oxygen atoms in total. The first-order chi connectivity index (χ1) is 19.5. The van der Waals surface area contributed by atoms with Crippen molar-refractivity contribution in [2.24, 2.45) is 16.6 Å². The topological polar surface area (TPSA) is 174 Å². The minimum Gasteiger partial charge on any atom is -0.444 e. The van der Waals surface area contributed by atoms with E-state index in [1.807, 2.05) is 41.5 Å². The summed E-state index contributed by atoms with van der Waals surface area (Å²) in [4.78, 5) is 34.3. The zero-order chi connectivity index (χ0) is 31.0. The summed E-state index contributed by atoms with van der Waals surface area (Å²) in [5.74, 6) is -0.160. The van der Waals surface area contributed by atoms with Gasteiger partial charge in [0.15, 0.2) is 0 Å². The van der Waals surface area contributed by atoms with E-state index in [0.29, 0.717) is 42.9 Å². The van der Waals surface area contributed by atoms with Crippen molar-refractivity contribution in [2.75, 3.05) is 18.4 Å². The van der Waals surface area contributed by atoms with E-state index in [-0.39, 0.29) is 34.9 Å². The number of ether oxygens (including phenoxy) is 1. The van der Waals surface area contributed by atoms with Gasteiger partial charge in [-0.1, -0.05) is 0 Å². The summed E-state index contributed by atoms with van der Waals surface area (Å²) < 4.78 is 32.9. The zero-order valence-corrected chi connectivity index (χ0v) is 25.7. The molecule has 3 heterocycles. The molecule has 2 aliphatic heterocycles. The fraction of sp³-hybridized carbons (Fsp3) is 0.517. The Balaban J connectivity index is 1.54. The Kier molecular flexibility index (Phi) is 8.44. The maximum atomic E-state index is 13.0. The Bertz CT molecular complexity index is 1590. The number of amidine groups is 1. The Hall–Kier alpha value is -3.89. The molecule has 1 amide bonds. The van der Waals surface area contributed by atoms with Crippen molar-refractivity contribution >= 4 is 33.3 Å². The third-order valence-corrected chi connectivity index (χ3v) is 9.46. The number of anilines is 1. The van der Waals surface area contributed by atoms with Crippen molar-refractivity contribution in [1.82, 2.24) is 14.2 Å². The van der Waals surface area contributed by atoms with Crippen LogP contribution in [-0.4, -0.2) is 64.8 Å². The second kappa shape index (κ2) is 11.4. The highest BCUT2D eigenvalue weighted by Crippen LogP contribution is 2.37. The van der Waals surface area contributed by atoms with Gasteiger partial charge in [-0.15, -0.1) is 0 Å². The summed E-state index contributed by atoms with van der Waals surface area (Å²) in [6, 6.07) is 7.98. The number of amides is 1. The molecule has 1 aromatic carbocycles. The molecule has 0 spiro atoms. The van der Waals surface area contributed by atoms with Gasteiger partial charge in [0.2, 0.25) is 10.0 Å². The van der Waals surface area contributed by atoms with Crippen LogP contribution in [0.2, 0.25) is 0 Å². The maximum Gasteiger partial charge on any atom is 0.410 e. The summed E-state index contributed by atoms with van der Waals surface area (Å²) in [5, 5.41) is 13.2.